The van der Waals surface area contributed by atoms with Crippen molar-refractivity contribution in [2.45, 2.75) is 83.1 Å². The fraction of sp³-hybridized carbons (Fsp3) is 0.250. The van der Waals surface area contributed by atoms with Gasteiger partial charge in [-0.1, -0.05) is 0 Å². The third kappa shape index (κ3) is 10.7. The van der Waals surface area contributed by atoms with Crippen molar-refractivity contribution >= 4 is 102 Å². The molecule has 6 rings (SSSR count). The van der Waals surface area contributed by atoms with Gasteiger partial charge in [-0.2, -0.15) is 0 Å². The summed E-state index contributed by atoms with van der Waals surface area (Å²) >= 11 is 0.259. The number of hydrogen-bond acceptors (Lipinski definition) is 0. The van der Waals surface area contributed by atoms with Crippen LogP contribution in [-0.4, -0.2) is 40.4 Å². The molecule has 53 heavy (non-hydrogen) atoms. The van der Waals surface area contributed by atoms with Crippen LogP contribution in [0.2, 0.25) is 0 Å². The first-order valence-electron chi connectivity index (χ1n) is 18.0. The molecule has 0 unspecified atom stereocenters. The second-order valence-corrected chi connectivity index (χ2v) is 34.4. The molecule has 0 aliphatic rings. The topological polar surface area (TPSA) is 0 Å². The quantitative estimate of drug-likeness (QED) is 0.115. The first-order chi connectivity index (χ1) is 25.2. The summed E-state index contributed by atoms with van der Waals surface area (Å²) in [7, 11) is 1.56. The van der Waals surface area contributed by atoms with Gasteiger partial charge in [0.2, 0.25) is 0 Å². The Hall–Kier alpha value is -1.09. The molecule has 0 saturated carbocycles. The molecule has 0 aromatic heterocycles. The third-order valence-electron chi connectivity index (χ3n) is 10.9. The van der Waals surface area contributed by atoms with Crippen molar-refractivity contribution in [2.24, 2.45) is 0 Å². The van der Waals surface area contributed by atoms with Gasteiger partial charge in [0, 0.05) is 0 Å². The number of halogens is 2. The van der Waals surface area contributed by atoms with Crippen molar-refractivity contribution < 1.29 is 8.07 Å². The van der Waals surface area contributed by atoms with E-state index in [0.29, 0.717) is 0 Å². The maximum atomic E-state index is 2.38. The monoisotopic (exact) mass is 1180 g/mol. The fourth-order valence-corrected chi connectivity index (χ4v) is 23.9. The van der Waals surface area contributed by atoms with Crippen LogP contribution < -0.4 is 21.1 Å². The molecule has 0 radical (unpaired) electrons. The number of rotatable bonds is 6. The summed E-state index contributed by atoms with van der Waals surface area (Å²) in [5.41, 5.74) is 17.3. The number of hydrogen-bond donors (Lipinski definition) is 0. The van der Waals surface area contributed by atoms with Gasteiger partial charge in [0.15, 0.2) is 0 Å². The Morgan fingerprint density at radius 1 is 0.283 bits per heavy atom. The van der Waals surface area contributed by atoms with Crippen molar-refractivity contribution in [3.63, 3.8) is 0 Å². The van der Waals surface area contributed by atoms with Crippen LogP contribution in [0.5, 0.6) is 0 Å². The second kappa shape index (κ2) is 20.9. The van der Waals surface area contributed by atoms with Crippen LogP contribution in [-0.2, 0) is 8.07 Å². The summed E-state index contributed by atoms with van der Waals surface area (Å²) in [5.74, 6) is 0. The van der Waals surface area contributed by atoms with Crippen molar-refractivity contribution in [3.8, 4) is 0 Å². The van der Waals surface area contributed by atoms with Crippen LogP contribution in [0.3, 0.4) is 0 Å². The molecule has 0 heterocycles. The van der Waals surface area contributed by atoms with E-state index in [1.165, 1.54) is 66.8 Å². The van der Waals surface area contributed by atoms with E-state index in [4.69, 9.17) is 0 Å². The molecular weight excluding hydrogens is 1130 g/mol. The molecule has 280 valence electrons. The number of benzene rings is 6. The zero-order valence-corrected chi connectivity index (χ0v) is 43.8. The van der Waals surface area contributed by atoms with Gasteiger partial charge < -0.3 is 0 Å². The van der Waals surface area contributed by atoms with E-state index in [2.05, 4.69) is 233 Å². The SMILES string of the molecule is Cc1ccc[c]([Sb]([c]2cccc(C)c2C)[c]2cccc(C)c2C)c1C.Cc1ccc[c]([Sb]([c]2cccc(C)c2C)[c]2cccc(C)c2C)c1C.[I][Ni][I]. The van der Waals surface area contributed by atoms with Crippen molar-refractivity contribution in [1.82, 2.24) is 0 Å². The van der Waals surface area contributed by atoms with Crippen molar-refractivity contribution in [2.75, 3.05) is 0 Å². The van der Waals surface area contributed by atoms with E-state index in [1.54, 1.807) is 29.1 Å². The van der Waals surface area contributed by atoms with Gasteiger partial charge in [0.05, 0.1) is 0 Å². The minimum atomic E-state index is -2.08. The molecule has 6 aromatic carbocycles. The van der Waals surface area contributed by atoms with Gasteiger partial charge in [-0.05, 0) is 0 Å². The summed E-state index contributed by atoms with van der Waals surface area (Å²) in [4.78, 5) is 0. The Labute approximate surface area is 364 Å². The van der Waals surface area contributed by atoms with Gasteiger partial charge in [-0.15, -0.1) is 0 Å². The van der Waals surface area contributed by atoms with Gasteiger partial charge in [0.1, 0.15) is 0 Å². The molecule has 0 aliphatic carbocycles. The first kappa shape index (κ1) is 44.6. The fourth-order valence-electron chi connectivity index (χ4n) is 6.65. The van der Waals surface area contributed by atoms with Crippen molar-refractivity contribution in [3.05, 3.63) is 176 Å². The Kier molecular flexibility index (Phi) is 17.6. The van der Waals surface area contributed by atoms with Crippen molar-refractivity contribution in [1.29, 1.82) is 0 Å². The summed E-state index contributed by atoms with van der Waals surface area (Å²) in [6.07, 6.45) is 0. The zero-order chi connectivity index (χ0) is 39.0. The Morgan fingerprint density at radius 2 is 0.415 bits per heavy atom. The van der Waals surface area contributed by atoms with E-state index in [1.807, 2.05) is 0 Å². The Morgan fingerprint density at radius 3 is 0.547 bits per heavy atom. The predicted molar refractivity (Wildman–Crippen MR) is 253 cm³/mol. The maximum absolute atomic E-state index is 2.38. The molecule has 0 nitrogen and oxygen atoms in total. The van der Waals surface area contributed by atoms with E-state index in [9.17, 15) is 0 Å². The van der Waals surface area contributed by atoms with Gasteiger partial charge in [0.25, 0.3) is 0 Å². The average Bonchev–Trinajstić information content (AvgIpc) is 3.13. The standard InChI is InChI=1S/6C8H9.2HI.Ni.2Sb/c6*1-7-5-3-4-6-8(7)2;;;;;/h6*3-5H,1-2H3;2*1H;;;/q;;;;;;;;+2;;/p-2. The van der Waals surface area contributed by atoms with Crippen LogP contribution >= 0.6 is 41.0 Å². The Balaban J connectivity index is 0.000000220. The molecule has 0 saturated heterocycles. The van der Waals surface area contributed by atoms with E-state index < -0.39 is 40.4 Å². The average molecular weight is 1190 g/mol. The summed E-state index contributed by atoms with van der Waals surface area (Å²) in [6.45, 7) is 27.3. The molecule has 0 N–H and O–H groups in total. The van der Waals surface area contributed by atoms with Gasteiger partial charge >= 0.3 is 370 Å². The summed E-state index contributed by atoms with van der Waals surface area (Å²) in [6, 6.07) is 41.2. The molecule has 0 fully saturated rings. The van der Waals surface area contributed by atoms with Crippen LogP contribution in [0.4, 0.5) is 0 Å². The van der Waals surface area contributed by atoms with Crippen LogP contribution in [0.15, 0.2) is 109 Å². The van der Waals surface area contributed by atoms with Gasteiger partial charge in [-0.25, -0.2) is 0 Å². The van der Waals surface area contributed by atoms with E-state index in [-0.39, 0.29) is 0 Å². The molecule has 0 amide bonds. The van der Waals surface area contributed by atoms with Crippen LogP contribution in [0.1, 0.15) is 66.8 Å². The normalized spacial score (nSPS) is 10.9. The molecular formula is C48H54I2NiSb2. The second-order valence-electron chi connectivity index (χ2n) is 14.0. The van der Waals surface area contributed by atoms with E-state index in [0.717, 1.165) is 0 Å². The third-order valence-corrected chi connectivity index (χ3v) is 27.4. The summed E-state index contributed by atoms with van der Waals surface area (Å²) < 4.78 is 9.61. The molecule has 5 heteroatoms. The molecule has 0 aliphatic heterocycles. The van der Waals surface area contributed by atoms with Crippen LogP contribution in [0.25, 0.3) is 0 Å². The zero-order valence-electron chi connectivity index (χ0n) is 33.4. The van der Waals surface area contributed by atoms with Crippen LogP contribution in [0, 0.1) is 83.1 Å². The number of aryl methyl sites for hydroxylation is 6. The summed E-state index contributed by atoms with van der Waals surface area (Å²) in [5, 5.41) is 0. The predicted octanol–water partition coefficient (Wildman–Crippen LogP) is 9.88. The van der Waals surface area contributed by atoms with E-state index >= 15 is 0 Å². The molecule has 6 aromatic rings. The molecule has 0 atom stereocenters. The first-order valence-corrected chi connectivity index (χ1v) is 32.1. The van der Waals surface area contributed by atoms with Gasteiger partial charge in [-0.3, -0.25) is 0 Å². The molecule has 0 bridgehead atoms. The molecule has 0 spiro atoms. The minimum absolute atomic E-state index is 1.41. The Bertz CT molecular complexity index is 1790.